The van der Waals surface area contributed by atoms with E-state index in [1.54, 1.807) is 6.07 Å². The van der Waals surface area contributed by atoms with E-state index in [4.69, 9.17) is 0 Å². The van der Waals surface area contributed by atoms with Crippen LogP contribution in [0.1, 0.15) is 21.5 Å². The Morgan fingerprint density at radius 3 is 2.81 bits per heavy atom. The molecule has 0 fully saturated rings. The number of hydrogen-bond donors (Lipinski definition) is 2. The summed E-state index contributed by atoms with van der Waals surface area (Å²) < 4.78 is 1.01. The first-order chi connectivity index (χ1) is 10.0. The number of thiazole rings is 1. The van der Waals surface area contributed by atoms with Crippen LogP contribution in [0, 0.1) is 13.8 Å². The largest absolute Gasteiger partial charge is 0.328 e. The van der Waals surface area contributed by atoms with Gasteiger partial charge in [-0.2, -0.15) is 0 Å². The maximum Gasteiger partial charge on any atom is 0.263 e. The van der Waals surface area contributed by atoms with Gasteiger partial charge < -0.3 is 4.98 Å². The normalized spacial score (nSPS) is 10.8. The molecule has 0 aliphatic carbocycles. The summed E-state index contributed by atoms with van der Waals surface area (Å²) in [4.78, 5) is 30.5. The van der Waals surface area contributed by atoms with Gasteiger partial charge in [0, 0.05) is 6.20 Å². The molecule has 0 unspecified atom stereocenters. The predicted molar refractivity (Wildman–Crippen MR) is 84.1 cm³/mol. The van der Waals surface area contributed by atoms with E-state index in [9.17, 15) is 9.59 Å². The van der Waals surface area contributed by atoms with Crippen molar-refractivity contribution in [3.05, 3.63) is 57.5 Å². The Kier molecular flexibility index (Phi) is 3.31. The predicted octanol–water partition coefficient (Wildman–Crippen LogP) is 2.85. The van der Waals surface area contributed by atoms with E-state index in [0.29, 0.717) is 5.13 Å². The maximum atomic E-state index is 12.1. The van der Waals surface area contributed by atoms with Gasteiger partial charge >= 0.3 is 0 Å². The molecule has 0 atom stereocenters. The molecule has 3 aromatic rings. The molecular weight excluding hydrogens is 286 g/mol. The molecule has 0 aliphatic heterocycles. The van der Waals surface area contributed by atoms with Crippen molar-refractivity contribution in [2.24, 2.45) is 0 Å². The fraction of sp³-hybridized carbons (Fsp3) is 0.133. The van der Waals surface area contributed by atoms with Crippen LogP contribution in [0.2, 0.25) is 0 Å². The average Bonchev–Trinajstić information content (AvgIpc) is 2.81. The highest BCUT2D eigenvalue weighted by Gasteiger charge is 2.13. The quantitative estimate of drug-likeness (QED) is 0.764. The first kappa shape index (κ1) is 13.5. The summed E-state index contributed by atoms with van der Waals surface area (Å²) in [5.74, 6) is -0.454. The number of hydrogen-bond acceptors (Lipinski definition) is 4. The van der Waals surface area contributed by atoms with Crippen molar-refractivity contribution in [1.29, 1.82) is 0 Å². The maximum absolute atomic E-state index is 12.1. The molecule has 106 valence electrons. The van der Waals surface area contributed by atoms with Crippen LogP contribution in [-0.2, 0) is 0 Å². The van der Waals surface area contributed by atoms with Gasteiger partial charge in [0.15, 0.2) is 5.13 Å². The summed E-state index contributed by atoms with van der Waals surface area (Å²) in [5.41, 5.74) is 2.85. The molecule has 1 aromatic carbocycles. The summed E-state index contributed by atoms with van der Waals surface area (Å²) in [6.07, 6.45) is 1.49. The highest BCUT2D eigenvalue weighted by atomic mass is 32.1. The van der Waals surface area contributed by atoms with Crippen molar-refractivity contribution in [3.63, 3.8) is 0 Å². The number of fused-ring (bicyclic) bond motifs is 1. The number of nitrogens with zero attached hydrogens (tertiary/aromatic N) is 1. The van der Waals surface area contributed by atoms with Crippen molar-refractivity contribution in [2.75, 3.05) is 5.32 Å². The van der Waals surface area contributed by atoms with Crippen molar-refractivity contribution in [1.82, 2.24) is 9.97 Å². The lowest BCUT2D eigenvalue weighted by Crippen LogP contribution is -2.22. The van der Waals surface area contributed by atoms with Crippen molar-refractivity contribution in [2.45, 2.75) is 13.8 Å². The highest BCUT2D eigenvalue weighted by Crippen LogP contribution is 2.28. The number of amides is 1. The van der Waals surface area contributed by atoms with Gasteiger partial charge in [-0.15, -0.1) is 0 Å². The van der Waals surface area contributed by atoms with Gasteiger partial charge in [0.25, 0.3) is 11.5 Å². The first-order valence-electron chi connectivity index (χ1n) is 6.41. The Balaban J connectivity index is 1.93. The smallest absolute Gasteiger partial charge is 0.263 e. The molecule has 6 heteroatoms. The van der Waals surface area contributed by atoms with Crippen LogP contribution in [0.4, 0.5) is 5.13 Å². The van der Waals surface area contributed by atoms with Crippen LogP contribution in [0.3, 0.4) is 0 Å². The molecule has 0 spiro atoms. The van der Waals surface area contributed by atoms with Gasteiger partial charge in [0.2, 0.25) is 0 Å². The number of pyridine rings is 1. The van der Waals surface area contributed by atoms with E-state index in [0.717, 1.165) is 15.8 Å². The molecule has 5 nitrogen and oxygen atoms in total. The zero-order valence-electron chi connectivity index (χ0n) is 11.6. The van der Waals surface area contributed by atoms with Gasteiger partial charge in [0.05, 0.1) is 10.2 Å². The highest BCUT2D eigenvalue weighted by molar-refractivity contribution is 7.22. The molecule has 0 saturated carbocycles. The fourth-order valence-corrected chi connectivity index (χ4v) is 2.94. The number of nitrogens with one attached hydrogen (secondary N) is 2. The van der Waals surface area contributed by atoms with E-state index in [1.165, 1.54) is 29.2 Å². The third kappa shape index (κ3) is 2.57. The number of carbonyl (C=O) groups is 1. The van der Waals surface area contributed by atoms with Gasteiger partial charge in [0.1, 0.15) is 5.56 Å². The topological polar surface area (TPSA) is 74.8 Å². The van der Waals surface area contributed by atoms with Crippen LogP contribution in [-0.4, -0.2) is 15.9 Å². The fourth-order valence-electron chi connectivity index (χ4n) is 2.00. The molecule has 0 saturated heterocycles. The standard InChI is InChI=1S/C15H13N3O2S/c1-8-6-11-12(7-9(8)2)21-15(17-11)18-14(20)10-4-3-5-16-13(10)19/h3-7H,1-2H3,(H,16,19)(H,17,18,20). The minimum absolute atomic E-state index is 0.0733. The lowest BCUT2D eigenvalue weighted by Gasteiger charge is -1.99. The Morgan fingerprint density at radius 2 is 2.05 bits per heavy atom. The van der Waals surface area contributed by atoms with Gasteiger partial charge in [-0.25, -0.2) is 4.98 Å². The Hall–Kier alpha value is -2.47. The monoisotopic (exact) mass is 299 g/mol. The third-order valence-electron chi connectivity index (χ3n) is 3.29. The van der Waals surface area contributed by atoms with E-state index < -0.39 is 11.5 Å². The molecule has 2 heterocycles. The Labute approximate surface area is 124 Å². The lowest BCUT2D eigenvalue weighted by molar-refractivity contribution is 0.102. The minimum Gasteiger partial charge on any atom is -0.328 e. The molecular formula is C15H13N3O2S. The SMILES string of the molecule is Cc1cc2nc(NC(=O)c3ccc[nH]c3=O)sc2cc1C. The average molecular weight is 299 g/mol. The number of aryl methyl sites for hydroxylation is 2. The molecule has 0 bridgehead atoms. The second kappa shape index (κ2) is 5.14. The molecule has 0 aliphatic rings. The van der Waals surface area contributed by atoms with E-state index in [1.807, 2.05) is 26.0 Å². The lowest BCUT2D eigenvalue weighted by atomic mass is 10.1. The first-order valence-corrected chi connectivity index (χ1v) is 7.23. The second-order valence-corrected chi connectivity index (χ2v) is 5.82. The van der Waals surface area contributed by atoms with Gasteiger partial charge in [-0.3, -0.25) is 14.9 Å². The van der Waals surface area contributed by atoms with Gasteiger partial charge in [-0.05, 0) is 49.2 Å². The molecule has 0 radical (unpaired) electrons. The summed E-state index contributed by atoms with van der Waals surface area (Å²) in [6, 6.07) is 7.14. The number of H-pyrrole nitrogens is 1. The van der Waals surface area contributed by atoms with E-state index in [2.05, 4.69) is 15.3 Å². The minimum atomic E-state index is -0.454. The van der Waals surface area contributed by atoms with Crippen molar-refractivity contribution < 1.29 is 4.79 Å². The molecule has 2 aromatic heterocycles. The summed E-state index contributed by atoms with van der Waals surface area (Å²) in [5, 5.41) is 3.16. The summed E-state index contributed by atoms with van der Waals surface area (Å²) in [7, 11) is 0. The van der Waals surface area contributed by atoms with Crippen LogP contribution in [0.15, 0.2) is 35.3 Å². The molecule has 2 N–H and O–H groups in total. The Morgan fingerprint density at radius 1 is 1.29 bits per heavy atom. The number of carbonyl (C=O) groups excluding carboxylic acids is 1. The van der Waals surface area contributed by atoms with Gasteiger partial charge in [-0.1, -0.05) is 11.3 Å². The number of aromatic nitrogens is 2. The van der Waals surface area contributed by atoms with Crippen molar-refractivity contribution >= 4 is 32.6 Å². The third-order valence-corrected chi connectivity index (χ3v) is 4.22. The van der Waals surface area contributed by atoms with Crippen LogP contribution in [0.25, 0.3) is 10.2 Å². The Bertz CT molecular complexity index is 856. The zero-order valence-corrected chi connectivity index (χ0v) is 12.4. The number of benzene rings is 1. The number of rotatable bonds is 2. The molecule has 21 heavy (non-hydrogen) atoms. The van der Waals surface area contributed by atoms with E-state index in [-0.39, 0.29) is 5.56 Å². The van der Waals surface area contributed by atoms with Crippen LogP contribution < -0.4 is 10.9 Å². The van der Waals surface area contributed by atoms with Crippen LogP contribution >= 0.6 is 11.3 Å². The molecule has 1 amide bonds. The van der Waals surface area contributed by atoms with E-state index >= 15 is 0 Å². The summed E-state index contributed by atoms with van der Waals surface area (Å²) >= 11 is 1.39. The van der Waals surface area contributed by atoms with Crippen molar-refractivity contribution in [3.8, 4) is 0 Å². The van der Waals surface area contributed by atoms with Crippen LogP contribution in [0.5, 0.6) is 0 Å². The molecule has 3 rings (SSSR count). The second-order valence-electron chi connectivity index (χ2n) is 4.79. The number of anilines is 1. The number of aromatic amines is 1. The zero-order chi connectivity index (χ0) is 15.0. The summed E-state index contributed by atoms with van der Waals surface area (Å²) in [6.45, 7) is 4.06.